The van der Waals surface area contributed by atoms with Crippen molar-refractivity contribution in [2.24, 2.45) is 0 Å². The molecule has 0 saturated carbocycles. The van der Waals surface area contributed by atoms with E-state index in [1.54, 1.807) is 0 Å². The van der Waals surface area contributed by atoms with Crippen molar-refractivity contribution in [3.63, 3.8) is 0 Å². The largest absolute Gasteiger partial charge is 0.484 e. The number of para-hydroxylation sites is 1. The van der Waals surface area contributed by atoms with E-state index < -0.39 is 0 Å². The second-order valence-electron chi connectivity index (χ2n) is 6.48. The zero-order valence-electron chi connectivity index (χ0n) is 15.0. The van der Waals surface area contributed by atoms with E-state index in [-0.39, 0.29) is 12.5 Å². The lowest BCUT2D eigenvalue weighted by atomic mass is 10.1. The van der Waals surface area contributed by atoms with Crippen LogP contribution in [0, 0.1) is 0 Å². The van der Waals surface area contributed by atoms with Gasteiger partial charge >= 0.3 is 0 Å². The Bertz CT molecular complexity index is 871. The molecule has 0 spiro atoms. The summed E-state index contributed by atoms with van der Waals surface area (Å²) in [5.41, 5.74) is 2.11. The van der Waals surface area contributed by atoms with Crippen LogP contribution in [-0.2, 0) is 4.79 Å². The van der Waals surface area contributed by atoms with Crippen molar-refractivity contribution in [3.05, 3.63) is 66.7 Å². The van der Waals surface area contributed by atoms with Crippen molar-refractivity contribution in [3.8, 4) is 17.0 Å². The second-order valence-corrected chi connectivity index (χ2v) is 6.48. The third-order valence-electron chi connectivity index (χ3n) is 4.71. The number of piperazine rings is 1. The fourth-order valence-electron chi connectivity index (χ4n) is 3.18. The SMILES string of the molecule is O=C(COc1ccccc1)N1CCN(c2cc(-c3ccccc3)[nH]n2)CC1. The van der Waals surface area contributed by atoms with E-state index >= 15 is 0 Å². The molecule has 2 heterocycles. The molecule has 1 fully saturated rings. The minimum absolute atomic E-state index is 0.0190. The molecular formula is C21H22N4O2. The lowest BCUT2D eigenvalue weighted by molar-refractivity contribution is -0.133. The Morgan fingerprint density at radius 3 is 2.33 bits per heavy atom. The summed E-state index contributed by atoms with van der Waals surface area (Å²) in [6.07, 6.45) is 0. The molecule has 4 rings (SSSR count). The molecule has 1 N–H and O–H groups in total. The minimum Gasteiger partial charge on any atom is -0.484 e. The number of hydrogen-bond donors (Lipinski definition) is 1. The van der Waals surface area contributed by atoms with Crippen LogP contribution in [-0.4, -0.2) is 53.8 Å². The van der Waals surface area contributed by atoms with Gasteiger partial charge in [-0.05, 0) is 17.7 Å². The lowest BCUT2D eigenvalue weighted by Crippen LogP contribution is -2.50. The van der Waals surface area contributed by atoms with Crippen LogP contribution in [0.2, 0.25) is 0 Å². The maximum Gasteiger partial charge on any atom is 0.260 e. The Kier molecular flexibility index (Phi) is 5.05. The lowest BCUT2D eigenvalue weighted by Gasteiger charge is -2.34. The summed E-state index contributed by atoms with van der Waals surface area (Å²) in [5, 5.41) is 7.53. The summed E-state index contributed by atoms with van der Waals surface area (Å²) in [5.74, 6) is 1.65. The Labute approximate surface area is 158 Å². The summed E-state index contributed by atoms with van der Waals surface area (Å²) in [4.78, 5) is 16.4. The number of carbonyl (C=O) groups is 1. The Morgan fingerprint density at radius 2 is 1.63 bits per heavy atom. The van der Waals surface area contributed by atoms with Gasteiger partial charge < -0.3 is 14.5 Å². The van der Waals surface area contributed by atoms with E-state index in [1.165, 1.54) is 0 Å². The van der Waals surface area contributed by atoms with Gasteiger partial charge in [-0.25, -0.2) is 0 Å². The molecular weight excluding hydrogens is 340 g/mol. The van der Waals surface area contributed by atoms with Gasteiger partial charge in [-0.3, -0.25) is 9.89 Å². The predicted octanol–water partition coefficient (Wildman–Crippen LogP) is 2.80. The Morgan fingerprint density at radius 1 is 0.963 bits per heavy atom. The number of aromatic nitrogens is 2. The van der Waals surface area contributed by atoms with Gasteiger partial charge in [-0.1, -0.05) is 48.5 Å². The monoisotopic (exact) mass is 362 g/mol. The van der Waals surface area contributed by atoms with Crippen LogP contribution in [0.25, 0.3) is 11.3 Å². The number of nitrogens with one attached hydrogen (secondary N) is 1. The maximum atomic E-state index is 12.4. The van der Waals surface area contributed by atoms with Gasteiger partial charge in [-0.15, -0.1) is 0 Å². The van der Waals surface area contributed by atoms with Gasteiger partial charge in [0.15, 0.2) is 12.4 Å². The summed E-state index contributed by atoms with van der Waals surface area (Å²) in [6, 6.07) is 21.6. The van der Waals surface area contributed by atoms with Crippen LogP contribution in [0.3, 0.4) is 0 Å². The molecule has 138 valence electrons. The molecule has 0 bridgehead atoms. The van der Waals surface area contributed by atoms with E-state index in [0.29, 0.717) is 13.1 Å². The zero-order valence-corrected chi connectivity index (χ0v) is 15.0. The summed E-state index contributed by atoms with van der Waals surface area (Å²) in [7, 11) is 0. The number of aromatic amines is 1. The van der Waals surface area contributed by atoms with Crippen molar-refractivity contribution in [2.45, 2.75) is 0 Å². The van der Waals surface area contributed by atoms with E-state index in [0.717, 1.165) is 35.9 Å². The first-order chi connectivity index (χ1) is 13.3. The molecule has 27 heavy (non-hydrogen) atoms. The highest BCUT2D eigenvalue weighted by Crippen LogP contribution is 2.22. The van der Waals surface area contributed by atoms with Crippen LogP contribution in [0.15, 0.2) is 66.7 Å². The second kappa shape index (κ2) is 7.95. The predicted molar refractivity (Wildman–Crippen MR) is 105 cm³/mol. The zero-order chi connectivity index (χ0) is 18.5. The molecule has 0 atom stereocenters. The molecule has 1 saturated heterocycles. The molecule has 3 aromatic rings. The molecule has 6 nitrogen and oxygen atoms in total. The minimum atomic E-state index is 0.0190. The maximum absolute atomic E-state index is 12.4. The molecule has 0 unspecified atom stereocenters. The van der Waals surface area contributed by atoms with Gasteiger partial charge in [0, 0.05) is 32.2 Å². The first kappa shape index (κ1) is 17.1. The topological polar surface area (TPSA) is 61.5 Å². The molecule has 0 radical (unpaired) electrons. The third-order valence-corrected chi connectivity index (χ3v) is 4.71. The quantitative estimate of drug-likeness (QED) is 0.758. The molecule has 2 aromatic carbocycles. The Hall–Kier alpha value is -3.28. The smallest absolute Gasteiger partial charge is 0.260 e. The normalized spacial score (nSPS) is 14.2. The van der Waals surface area contributed by atoms with Crippen LogP contribution in [0.5, 0.6) is 5.75 Å². The number of carbonyl (C=O) groups excluding carboxylic acids is 1. The van der Waals surface area contributed by atoms with Gasteiger partial charge in [0.25, 0.3) is 5.91 Å². The van der Waals surface area contributed by atoms with Crippen molar-refractivity contribution in [1.29, 1.82) is 0 Å². The first-order valence-corrected chi connectivity index (χ1v) is 9.11. The van der Waals surface area contributed by atoms with Crippen molar-refractivity contribution in [2.75, 3.05) is 37.7 Å². The summed E-state index contributed by atoms with van der Waals surface area (Å²) >= 11 is 0. The van der Waals surface area contributed by atoms with Crippen LogP contribution < -0.4 is 9.64 Å². The van der Waals surface area contributed by atoms with Gasteiger partial charge in [0.1, 0.15) is 5.75 Å². The van der Waals surface area contributed by atoms with Gasteiger partial charge in [-0.2, -0.15) is 5.10 Å². The van der Waals surface area contributed by atoms with E-state index in [1.807, 2.05) is 53.4 Å². The standard InChI is InChI=1S/C21H22N4O2/c26-21(16-27-18-9-5-2-6-10-18)25-13-11-24(12-14-25)20-15-19(22-23-20)17-7-3-1-4-8-17/h1-10,15H,11-14,16H2,(H,22,23). The number of rotatable bonds is 5. The third kappa shape index (κ3) is 4.11. The first-order valence-electron chi connectivity index (χ1n) is 9.11. The van der Waals surface area contributed by atoms with Crippen LogP contribution >= 0.6 is 0 Å². The Balaban J connectivity index is 1.30. The van der Waals surface area contributed by atoms with Crippen molar-refractivity contribution < 1.29 is 9.53 Å². The molecule has 6 heteroatoms. The summed E-state index contributed by atoms with van der Waals surface area (Å²) in [6.45, 7) is 2.94. The molecule has 1 aliphatic rings. The highest BCUT2D eigenvalue weighted by molar-refractivity contribution is 5.78. The highest BCUT2D eigenvalue weighted by atomic mass is 16.5. The number of benzene rings is 2. The van der Waals surface area contributed by atoms with E-state index in [9.17, 15) is 4.79 Å². The van der Waals surface area contributed by atoms with Gasteiger partial charge in [0.05, 0.1) is 5.69 Å². The number of amides is 1. The molecule has 1 aromatic heterocycles. The average Bonchev–Trinajstić information content (AvgIpc) is 3.24. The van der Waals surface area contributed by atoms with Crippen LogP contribution in [0.4, 0.5) is 5.82 Å². The van der Waals surface area contributed by atoms with Crippen molar-refractivity contribution in [1.82, 2.24) is 15.1 Å². The molecule has 1 amide bonds. The van der Waals surface area contributed by atoms with Gasteiger partial charge in [0.2, 0.25) is 0 Å². The number of hydrogen-bond acceptors (Lipinski definition) is 4. The highest BCUT2D eigenvalue weighted by Gasteiger charge is 2.23. The summed E-state index contributed by atoms with van der Waals surface area (Å²) < 4.78 is 5.56. The average molecular weight is 362 g/mol. The fourth-order valence-corrected chi connectivity index (χ4v) is 3.18. The van der Waals surface area contributed by atoms with E-state index in [4.69, 9.17) is 4.74 Å². The number of nitrogens with zero attached hydrogens (tertiary/aromatic N) is 3. The van der Waals surface area contributed by atoms with Crippen LogP contribution in [0.1, 0.15) is 0 Å². The number of H-pyrrole nitrogens is 1. The number of anilines is 1. The fraction of sp³-hybridized carbons (Fsp3) is 0.238. The molecule has 1 aliphatic heterocycles. The van der Waals surface area contributed by atoms with E-state index in [2.05, 4.69) is 33.3 Å². The molecule has 0 aliphatic carbocycles. The number of ether oxygens (including phenoxy) is 1. The van der Waals surface area contributed by atoms with Crippen molar-refractivity contribution >= 4 is 11.7 Å².